The molecule has 1 atom stereocenters. The molecule has 0 saturated heterocycles. The van der Waals surface area contributed by atoms with Crippen LogP contribution in [0.25, 0.3) is 0 Å². The first-order valence-corrected chi connectivity index (χ1v) is 7.11. The summed E-state index contributed by atoms with van der Waals surface area (Å²) in [4.78, 5) is 18.0. The van der Waals surface area contributed by atoms with Crippen molar-refractivity contribution in [1.82, 2.24) is 9.88 Å². The molecular weight excluding hydrogens is 264 g/mol. The normalized spacial score (nSPS) is 18.2. The Kier molecular flexibility index (Phi) is 3.71. The highest BCUT2D eigenvalue weighted by Crippen LogP contribution is 2.30. The number of carboxylic acid groups (broad SMARTS) is 1. The molecule has 1 aliphatic heterocycles. The van der Waals surface area contributed by atoms with Crippen LogP contribution in [0.1, 0.15) is 28.4 Å². The molecule has 0 aliphatic carbocycles. The quantitative estimate of drug-likeness (QED) is 0.940. The predicted octanol–water partition coefficient (Wildman–Crippen LogP) is 2.57. The van der Waals surface area contributed by atoms with E-state index in [1.807, 2.05) is 54.4 Å². The van der Waals surface area contributed by atoms with Gasteiger partial charge in [-0.3, -0.25) is 14.7 Å². The van der Waals surface area contributed by atoms with Crippen molar-refractivity contribution >= 4 is 5.97 Å². The fourth-order valence-corrected chi connectivity index (χ4v) is 2.90. The number of carboxylic acids is 1. The molecule has 0 saturated carbocycles. The minimum atomic E-state index is -0.790. The summed E-state index contributed by atoms with van der Waals surface area (Å²) in [6.07, 6.45) is 2.72. The second-order valence-corrected chi connectivity index (χ2v) is 5.47. The number of aryl methyl sites for hydroxylation is 1. The summed E-state index contributed by atoms with van der Waals surface area (Å²) in [5.74, 6) is -0.790. The van der Waals surface area contributed by atoms with Crippen molar-refractivity contribution in [2.24, 2.45) is 0 Å². The maximum Gasteiger partial charge on any atom is 0.325 e. The lowest BCUT2D eigenvalue weighted by atomic mass is 9.92. The highest BCUT2D eigenvalue weighted by Gasteiger charge is 2.32. The van der Waals surface area contributed by atoms with E-state index >= 15 is 0 Å². The van der Waals surface area contributed by atoms with Crippen molar-refractivity contribution in [3.8, 4) is 0 Å². The number of rotatable bonds is 3. The van der Waals surface area contributed by atoms with Gasteiger partial charge in [-0.15, -0.1) is 0 Å². The molecule has 2 aromatic rings. The van der Waals surface area contributed by atoms with Crippen molar-refractivity contribution in [3.63, 3.8) is 0 Å². The molecule has 3 rings (SSSR count). The van der Waals surface area contributed by atoms with Crippen LogP contribution in [-0.2, 0) is 17.8 Å². The van der Waals surface area contributed by atoms with Crippen LogP contribution in [0, 0.1) is 6.92 Å². The Morgan fingerprint density at radius 2 is 2.14 bits per heavy atom. The average molecular weight is 282 g/mol. The lowest BCUT2D eigenvalue weighted by Gasteiger charge is -2.34. The van der Waals surface area contributed by atoms with E-state index < -0.39 is 12.0 Å². The largest absolute Gasteiger partial charge is 0.480 e. The Morgan fingerprint density at radius 3 is 2.86 bits per heavy atom. The van der Waals surface area contributed by atoms with Gasteiger partial charge in [-0.05, 0) is 36.1 Å². The molecule has 108 valence electrons. The van der Waals surface area contributed by atoms with Crippen LogP contribution in [0.2, 0.25) is 0 Å². The van der Waals surface area contributed by atoms with Crippen molar-refractivity contribution < 1.29 is 9.90 Å². The molecule has 0 spiro atoms. The van der Waals surface area contributed by atoms with Crippen molar-refractivity contribution in [1.29, 1.82) is 0 Å². The van der Waals surface area contributed by atoms with Gasteiger partial charge in [-0.1, -0.05) is 30.3 Å². The maximum absolute atomic E-state index is 11.7. The molecule has 0 radical (unpaired) electrons. The second kappa shape index (κ2) is 5.66. The Morgan fingerprint density at radius 1 is 1.33 bits per heavy atom. The maximum atomic E-state index is 11.7. The van der Waals surface area contributed by atoms with Crippen LogP contribution in [0.5, 0.6) is 0 Å². The summed E-state index contributed by atoms with van der Waals surface area (Å²) in [6, 6.07) is 11.2. The van der Waals surface area contributed by atoms with Crippen molar-refractivity contribution in [2.45, 2.75) is 25.9 Å². The van der Waals surface area contributed by atoms with Gasteiger partial charge in [-0.25, -0.2) is 0 Å². The zero-order valence-corrected chi connectivity index (χ0v) is 12.0. The minimum Gasteiger partial charge on any atom is -0.480 e. The molecule has 1 N–H and O–H groups in total. The number of benzene rings is 1. The average Bonchev–Trinajstić information content (AvgIpc) is 2.49. The summed E-state index contributed by atoms with van der Waals surface area (Å²) in [6.45, 7) is 3.31. The lowest BCUT2D eigenvalue weighted by Crippen LogP contribution is -2.39. The van der Waals surface area contributed by atoms with E-state index in [9.17, 15) is 9.90 Å². The molecule has 1 aromatic carbocycles. The first-order valence-electron chi connectivity index (χ1n) is 7.11. The number of aromatic nitrogens is 1. The van der Waals surface area contributed by atoms with E-state index in [2.05, 4.69) is 4.98 Å². The first-order chi connectivity index (χ1) is 10.1. The molecule has 1 aromatic heterocycles. The molecule has 0 fully saturated rings. The van der Waals surface area contributed by atoms with E-state index in [1.54, 1.807) is 0 Å². The zero-order valence-electron chi connectivity index (χ0n) is 12.0. The molecule has 0 bridgehead atoms. The summed E-state index contributed by atoms with van der Waals surface area (Å²) < 4.78 is 0. The minimum absolute atomic E-state index is 0.573. The van der Waals surface area contributed by atoms with Gasteiger partial charge in [0, 0.05) is 25.0 Å². The van der Waals surface area contributed by atoms with E-state index in [4.69, 9.17) is 0 Å². The lowest BCUT2D eigenvalue weighted by molar-refractivity contribution is -0.144. The van der Waals surface area contributed by atoms with Crippen LogP contribution in [0.4, 0.5) is 0 Å². The number of nitrogens with zero attached hydrogens (tertiary/aromatic N) is 2. The van der Waals surface area contributed by atoms with Gasteiger partial charge in [-0.2, -0.15) is 0 Å². The Labute approximate surface area is 124 Å². The number of hydrogen-bond donors (Lipinski definition) is 1. The Bertz CT molecular complexity index is 652. The van der Waals surface area contributed by atoms with Gasteiger partial charge in [0.05, 0.1) is 0 Å². The molecule has 1 unspecified atom stereocenters. The first kappa shape index (κ1) is 13.8. The van der Waals surface area contributed by atoms with E-state index in [0.29, 0.717) is 6.54 Å². The van der Waals surface area contributed by atoms with Gasteiger partial charge in [0.15, 0.2) is 0 Å². The molecule has 4 heteroatoms. The smallest absolute Gasteiger partial charge is 0.325 e. The van der Waals surface area contributed by atoms with Gasteiger partial charge in [0.2, 0.25) is 0 Å². The topological polar surface area (TPSA) is 53.4 Å². The summed E-state index contributed by atoms with van der Waals surface area (Å²) in [5, 5.41) is 9.62. The molecule has 2 heterocycles. The summed E-state index contributed by atoms with van der Waals surface area (Å²) in [5.41, 5.74) is 4.07. The van der Waals surface area contributed by atoms with Gasteiger partial charge in [0.1, 0.15) is 6.04 Å². The molecular formula is C17H18N2O2. The molecule has 21 heavy (non-hydrogen) atoms. The summed E-state index contributed by atoms with van der Waals surface area (Å²) >= 11 is 0. The zero-order chi connectivity index (χ0) is 14.8. The third-order valence-electron chi connectivity index (χ3n) is 3.98. The third kappa shape index (κ3) is 2.81. The highest BCUT2D eigenvalue weighted by atomic mass is 16.4. The fraction of sp³-hybridized carbons (Fsp3) is 0.294. The van der Waals surface area contributed by atoms with E-state index in [-0.39, 0.29) is 0 Å². The molecule has 0 amide bonds. The number of fused-ring (bicyclic) bond motifs is 1. The standard InChI is InChI=1S/C17H18N2O2/c1-12-6-7-13(10-18-12)11-19-9-8-14-4-2-3-5-15(14)16(19)17(20)21/h2-7,10,16H,8-9,11H2,1H3,(H,20,21). The predicted molar refractivity (Wildman–Crippen MR) is 79.9 cm³/mol. The van der Waals surface area contributed by atoms with Crippen molar-refractivity contribution in [3.05, 3.63) is 65.0 Å². The van der Waals surface area contributed by atoms with Crippen LogP contribution < -0.4 is 0 Å². The van der Waals surface area contributed by atoms with Crippen LogP contribution >= 0.6 is 0 Å². The van der Waals surface area contributed by atoms with E-state index in [1.165, 1.54) is 0 Å². The monoisotopic (exact) mass is 282 g/mol. The molecule has 1 aliphatic rings. The highest BCUT2D eigenvalue weighted by molar-refractivity contribution is 5.76. The van der Waals surface area contributed by atoms with Gasteiger partial charge in [0.25, 0.3) is 0 Å². The van der Waals surface area contributed by atoms with Gasteiger partial charge < -0.3 is 5.11 Å². The molecule has 4 nitrogen and oxygen atoms in total. The third-order valence-corrected chi connectivity index (χ3v) is 3.98. The number of carbonyl (C=O) groups is 1. The Balaban J connectivity index is 1.88. The van der Waals surface area contributed by atoms with Crippen LogP contribution in [-0.4, -0.2) is 27.5 Å². The van der Waals surface area contributed by atoms with Gasteiger partial charge >= 0.3 is 5.97 Å². The SMILES string of the molecule is Cc1ccc(CN2CCc3ccccc3C2C(=O)O)cn1. The van der Waals surface area contributed by atoms with Crippen LogP contribution in [0.15, 0.2) is 42.6 Å². The number of pyridine rings is 1. The second-order valence-electron chi connectivity index (χ2n) is 5.47. The Hall–Kier alpha value is -2.20. The number of aliphatic carboxylic acids is 1. The van der Waals surface area contributed by atoms with Crippen molar-refractivity contribution in [2.75, 3.05) is 6.54 Å². The van der Waals surface area contributed by atoms with E-state index in [0.717, 1.165) is 35.3 Å². The number of hydrogen-bond acceptors (Lipinski definition) is 3. The van der Waals surface area contributed by atoms with Crippen LogP contribution in [0.3, 0.4) is 0 Å². The fourth-order valence-electron chi connectivity index (χ4n) is 2.90. The summed E-state index contributed by atoms with van der Waals surface area (Å²) in [7, 11) is 0.